The van der Waals surface area contributed by atoms with Crippen molar-refractivity contribution in [2.24, 2.45) is 0 Å². The third-order valence-corrected chi connectivity index (χ3v) is 4.34. The van der Waals surface area contributed by atoms with Crippen LogP contribution in [0, 0.1) is 0 Å². The van der Waals surface area contributed by atoms with Gasteiger partial charge in [-0.2, -0.15) is 0 Å². The van der Waals surface area contributed by atoms with Gasteiger partial charge in [-0.05, 0) is 29.7 Å². The number of benzene rings is 2. The number of carbonyl (C=O) groups is 1. The van der Waals surface area contributed by atoms with Gasteiger partial charge >= 0.3 is 0 Å². The highest BCUT2D eigenvalue weighted by Gasteiger charge is 2.12. The van der Waals surface area contributed by atoms with E-state index in [9.17, 15) is 4.79 Å². The molecule has 1 aromatic heterocycles. The molecule has 5 heteroatoms. The van der Waals surface area contributed by atoms with Gasteiger partial charge in [0.25, 0.3) is 0 Å². The van der Waals surface area contributed by atoms with E-state index in [4.69, 9.17) is 4.74 Å². The third kappa shape index (κ3) is 4.04. The van der Waals surface area contributed by atoms with E-state index in [0.717, 1.165) is 22.6 Å². The van der Waals surface area contributed by atoms with E-state index in [0.29, 0.717) is 25.6 Å². The summed E-state index contributed by atoms with van der Waals surface area (Å²) in [5.41, 5.74) is 3.19. The molecule has 0 aliphatic heterocycles. The van der Waals surface area contributed by atoms with Crippen molar-refractivity contribution in [3.05, 3.63) is 59.9 Å². The Kier molecular flexibility index (Phi) is 5.56. The lowest BCUT2D eigenvalue weighted by atomic mass is 10.0. The normalized spacial score (nSPS) is 11.1. The van der Waals surface area contributed by atoms with Crippen LogP contribution in [0.3, 0.4) is 0 Å². The number of aromatic nitrogens is 2. The van der Waals surface area contributed by atoms with Gasteiger partial charge in [0.2, 0.25) is 5.91 Å². The van der Waals surface area contributed by atoms with Crippen LogP contribution in [0.5, 0.6) is 5.75 Å². The fourth-order valence-electron chi connectivity index (χ4n) is 3.05. The van der Waals surface area contributed by atoms with Crippen LogP contribution in [0.25, 0.3) is 11.0 Å². The fraction of sp³-hybridized carbons (Fsp3) is 0.333. The van der Waals surface area contributed by atoms with E-state index >= 15 is 0 Å². The maximum absolute atomic E-state index is 11.3. The van der Waals surface area contributed by atoms with Crippen molar-refractivity contribution in [1.29, 1.82) is 0 Å². The summed E-state index contributed by atoms with van der Waals surface area (Å²) in [4.78, 5) is 15.9. The number of rotatable bonds is 7. The zero-order valence-corrected chi connectivity index (χ0v) is 15.5. The van der Waals surface area contributed by atoms with E-state index < -0.39 is 0 Å². The molecule has 2 aromatic carbocycles. The van der Waals surface area contributed by atoms with Crippen molar-refractivity contribution in [3.8, 4) is 5.75 Å². The summed E-state index contributed by atoms with van der Waals surface area (Å²) in [6, 6.07) is 16.1. The summed E-state index contributed by atoms with van der Waals surface area (Å²) < 4.78 is 8.18. The van der Waals surface area contributed by atoms with Gasteiger partial charge in [-0.25, -0.2) is 4.98 Å². The molecule has 0 saturated carbocycles. The van der Waals surface area contributed by atoms with Gasteiger partial charge in [-0.15, -0.1) is 0 Å². The molecule has 0 aliphatic carbocycles. The Morgan fingerprint density at radius 2 is 1.88 bits per heavy atom. The lowest BCUT2D eigenvalue weighted by Gasteiger charge is -2.15. The van der Waals surface area contributed by atoms with Gasteiger partial charge in [-0.3, -0.25) is 4.79 Å². The average molecular weight is 351 g/mol. The molecular weight excluding hydrogens is 326 g/mol. The minimum atomic E-state index is -0.0642. The minimum absolute atomic E-state index is 0.0642. The molecule has 0 atom stereocenters. The number of carbonyl (C=O) groups excluding carboxylic acids is 1. The highest BCUT2D eigenvalue weighted by molar-refractivity contribution is 5.76. The molecule has 5 nitrogen and oxygen atoms in total. The number of ether oxygens (including phenoxy) is 1. The first-order valence-corrected chi connectivity index (χ1v) is 8.96. The average Bonchev–Trinajstić information content (AvgIpc) is 2.98. The molecule has 1 heterocycles. The van der Waals surface area contributed by atoms with E-state index in [1.165, 1.54) is 12.5 Å². The minimum Gasteiger partial charge on any atom is -0.491 e. The zero-order chi connectivity index (χ0) is 18.5. The van der Waals surface area contributed by atoms with Crippen molar-refractivity contribution in [1.82, 2.24) is 14.9 Å². The number of amides is 1. The highest BCUT2D eigenvalue weighted by Crippen LogP contribution is 2.26. The van der Waals surface area contributed by atoms with Gasteiger partial charge in [0.1, 0.15) is 18.2 Å². The van der Waals surface area contributed by atoms with Crippen molar-refractivity contribution < 1.29 is 9.53 Å². The Hall–Kier alpha value is -2.82. The van der Waals surface area contributed by atoms with E-state index in [-0.39, 0.29) is 5.91 Å². The molecule has 136 valence electrons. The van der Waals surface area contributed by atoms with Crippen LogP contribution >= 0.6 is 0 Å². The molecular formula is C21H25N3O2. The van der Waals surface area contributed by atoms with Gasteiger partial charge in [0, 0.05) is 6.92 Å². The largest absolute Gasteiger partial charge is 0.491 e. The monoisotopic (exact) mass is 351 g/mol. The predicted molar refractivity (Wildman–Crippen MR) is 103 cm³/mol. The summed E-state index contributed by atoms with van der Waals surface area (Å²) in [6.45, 7) is 7.46. The van der Waals surface area contributed by atoms with Crippen molar-refractivity contribution in [3.63, 3.8) is 0 Å². The van der Waals surface area contributed by atoms with Crippen molar-refractivity contribution in [2.45, 2.75) is 39.8 Å². The van der Waals surface area contributed by atoms with Crippen molar-refractivity contribution >= 4 is 16.9 Å². The summed E-state index contributed by atoms with van der Waals surface area (Å²) in [7, 11) is 0. The number of nitrogens with zero attached hydrogens (tertiary/aromatic N) is 2. The van der Waals surface area contributed by atoms with Crippen LogP contribution in [-0.4, -0.2) is 22.1 Å². The first kappa shape index (κ1) is 18.0. The molecule has 3 rings (SSSR count). The topological polar surface area (TPSA) is 56.2 Å². The molecule has 1 N–H and O–H groups in total. The standard InChI is InChI=1S/C21H25N3O2/c1-15(2)17-8-4-7-11-20(17)26-13-12-24-19-10-6-5-9-18(19)23-21(24)14-22-16(3)25/h4-11,15H,12-14H2,1-3H3,(H,22,25). The Labute approximate surface area is 154 Å². The summed E-state index contributed by atoms with van der Waals surface area (Å²) in [5.74, 6) is 2.11. The summed E-state index contributed by atoms with van der Waals surface area (Å²) >= 11 is 0. The molecule has 1 amide bonds. The van der Waals surface area contributed by atoms with Gasteiger partial charge in [-0.1, -0.05) is 44.2 Å². The number of nitrogens with one attached hydrogen (secondary N) is 1. The van der Waals surface area contributed by atoms with Gasteiger partial charge in [0.05, 0.1) is 24.1 Å². The van der Waals surface area contributed by atoms with Gasteiger partial charge < -0.3 is 14.6 Å². The Bertz CT molecular complexity index is 899. The van der Waals surface area contributed by atoms with Gasteiger partial charge in [0.15, 0.2) is 0 Å². The Balaban J connectivity index is 1.78. The van der Waals surface area contributed by atoms with Crippen molar-refractivity contribution in [2.75, 3.05) is 6.61 Å². The molecule has 0 radical (unpaired) electrons. The quantitative estimate of drug-likeness (QED) is 0.703. The first-order valence-electron chi connectivity index (χ1n) is 8.96. The zero-order valence-electron chi connectivity index (χ0n) is 15.5. The molecule has 0 aliphatic rings. The molecule has 0 bridgehead atoms. The van der Waals surface area contributed by atoms with Crippen LogP contribution in [0.2, 0.25) is 0 Å². The van der Waals surface area contributed by atoms with E-state index in [2.05, 4.69) is 34.8 Å². The number of hydrogen-bond donors (Lipinski definition) is 1. The van der Waals surface area contributed by atoms with Crippen LogP contribution < -0.4 is 10.1 Å². The molecule has 26 heavy (non-hydrogen) atoms. The SMILES string of the molecule is CC(=O)NCc1nc2ccccc2n1CCOc1ccccc1C(C)C. The van der Waals surface area contributed by atoms with Crippen LogP contribution in [0.1, 0.15) is 38.1 Å². The summed E-state index contributed by atoms with van der Waals surface area (Å²) in [6.07, 6.45) is 0. The molecule has 0 spiro atoms. The molecule has 3 aromatic rings. The molecule has 0 fully saturated rings. The maximum atomic E-state index is 11.3. The number of fused-ring (bicyclic) bond motifs is 1. The second kappa shape index (κ2) is 8.04. The van der Waals surface area contributed by atoms with E-state index in [1.807, 2.05) is 42.5 Å². The maximum Gasteiger partial charge on any atom is 0.217 e. The van der Waals surface area contributed by atoms with Crippen LogP contribution in [0.15, 0.2) is 48.5 Å². The second-order valence-electron chi connectivity index (χ2n) is 6.62. The molecule has 0 saturated heterocycles. The fourth-order valence-corrected chi connectivity index (χ4v) is 3.05. The third-order valence-electron chi connectivity index (χ3n) is 4.34. The Morgan fingerprint density at radius 1 is 1.15 bits per heavy atom. The Morgan fingerprint density at radius 3 is 2.65 bits per heavy atom. The number of imidazole rings is 1. The number of para-hydroxylation sites is 3. The second-order valence-corrected chi connectivity index (χ2v) is 6.62. The van der Waals surface area contributed by atoms with E-state index in [1.54, 1.807) is 0 Å². The lowest BCUT2D eigenvalue weighted by Crippen LogP contribution is -2.22. The summed E-state index contributed by atoms with van der Waals surface area (Å²) in [5, 5.41) is 2.83. The number of hydrogen-bond acceptors (Lipinski definition) is 3. The smallest absolute Gasteiger partial charge is 0.217 e. The highest BCUT2D eigenvalue weighted by atomic mass is 16.5. The predicted octanol–water partition coefficient (Wildman–Crippen LogP) is 3.87. The van der Waals surface area contributed by atoms with Crippen LogP contribution in [-0.2, 0) is 17.9 Å². The lowest BCUT2D eigenvalue weighted by molar-refractivity contribution is -0.119. The first-order chi connectivity index (χ1) is 12.6. The van der Waals surface area contributed by atoms with Crippen LogP contribution in [0.4, 0.5) is 0 Å². The molecule has 0 unspecified atom stereocenters.